The van der Waals surface area contributed by atoms with Crippen LogP contribution < -0.4 is 0 Å². The SMILES string of the molecule is Clc1cccc(-c2cnn(-c3ccccc3Br)c2)c1. The molecule has 0 saturated heterocycles. The smallest absolute Gasteiger partial charge is 0.0787 e. The average molecular weight is 334 g/mol. The monoisotopic (exact) mass is 332 g/mol. The third-order valence-electron chi connectivity index (χ3n) is 2.84. The molecule has 0 aliphatic carbocycles. The molecule has 0 N–H and O–H groups in total. The fourth-order valence-electron chi connectivity index (χ4n) is 1.91. The van der Waals surface area contributed by atoms with Crippen LogP contribution >= 0.6 is 27.5 Å². The van der Waals surface area contributed by atoms with Crippen molar-refractivity contribution in [3.63, 3.8) is 0 Å². The molecular weight excluding hydrogens is 324 g/mol. The van der Waals surface area contributed by atoms with Gasteiger partial charge in [-0.25, -0.2) is 4.68 Å². The maximum Gasteiger partial charge on any atom is 0.0787 e. The number of rotatable bonds is 2. The van der Waals surface area contributed by atoms with E-state index in [1.807, 2.05) is 65.6 Å². The molecule has 0 saturated carbocycles. The molecular formula is C15H10BrClN2. The van der Waals surface area contributed by atoms with Gasteiger partial charge in [0, 0.05) is 21.3 Å². The highest BCUT2D eigenvalue weighted by Crippen LogP contribution is 2.25. The number of aromatic nitrogens is 2. The molecule has 2 nitrogen and oxygen atoms in total. The van der Waals surface area contributed by atoms with Gasteiger partial charge in [0.2, 0.25) is 0 Å². The molecule has 0 bridgehead atoms. The Morgan fingerprint density at radius 1 is 1.00 bits per heavy atom. The number of para-hydroxylation sites is 1. The summed E-state index contributed by atoms with van der Waals surface area (Å²) in [5.74, 6) is 0. The first-order valence-electron chi connectivity index (χ1n) is 5.79. The molecule has 0 aliphatic rings. The summed E-state index contributed by atoms with van der Waals surface area (Å²) in [7, 11) is 0. The van der Waals surface area contributed by atoms with Crippen molar-refractivity contribution >= 4 is 27.5 Å². The maximum absolute atomic E-state index is 6.01. The molecule has 4 heteroatoms. The van der Waals surface area contributed by atoms with Crippen LogP contribution in [0.25, 0.3) is 16.8 Å². The van der Waals surface area contributed by atoms with Crippen molar-refractivity contribution in [2.24, 2.45) is 0 Å². The van der Waals surface area contributed by atoms with Crippen molar-refractivity contribution in [2.75, 3.05) is 0 Å². The summed E-state index contributed by atoms with van der Waals surface area (Å²) in [4.78, 5) is 0. The molecule has 3 rings (SSSR count). The van der Waals surface area contributed by atoms with Gasteiger partial charge in [0.25, 0.3) is 0 Å². The zero-order valence-electron chi connectivity index (χ0n) is 9.92. The van der Waals surface area contributed by atoms with Gasteiger partial charge in [0.1, 0.15) is 0 Å². The Kier molecular flexibility index (Phi) is 3.40. The van der Waals surface area contributed by atoms with E-state index in [0.29, 0.717) is 0 Å². The Labute approximate surface area is 124 Å². The third-order valence-corrected chi connectivity index (χ3v) is 3.75. The largest absolute Gasteiger partial charge is 0.239 e. The first kappa shape index (κ1) is 12.5. The van der Waals surface area contributed by atoms with Crippen LogP contribution in [0.15, 0.2) is 65.4 Å². The first-order valence-corrected chi connectivity index (χ1v) is 6.96. The second kappa shape index (κ2) is 5.19. The molecule has 19 heavy (non-hydrogen) atoms. The zero-order valence-corrected chi connectivity index (χ0v) is 12.3. The van der Waals surface area contributed by atoms with E-state index < -0.39 is 0 Å². The molecule has 0 aliphatic heterocycles. The Balaban J connectivity index is 2.03. The number of halogens is 2. The lowest BCUT2D eigenvalue weighted by Gasteiger charge is -2.03. The summed E-state index contributed by atoms with van der Waals surface area (Å²) < 4.78 is 2.86. The highest BCUT2D eigenvalue weighted by atomic mass is 79.9. The lowest BCUT2D eigenvalue weighted by molar-refractivity contribution is 0.876. The Hall–Kier alpha value is -1.58. The van der Waals surface area contributed by atoms with Gasteiger partial charge in [-0.1, -0.05) is 35.9 Å². The fraction of sp³-hybridized carbons (Fsp3) is 0. The minimum atomic E-state index is 0.728. The minimum Gasteiger partial charge on any atom is -0.239 e. The third kappa shape index (κ3) is 2.57. The molecule has 3 aromatic rings. The van der Waals surface area contributed by atoms with Crippen molar-refractivity contribution in [3.8, 4) is 16.8 Å². The highest BCUT2D eigenvalue weighted by Gasteiger charge is 2.06. The Morgan fingerprint density at radius 2 is 1.84 bits per heavy atom. The molecule has 2 aromatic carbocycles. The van der Waals surface area contributed by atoms with Gasteiger partial charge in [-0.05, 0) is 45.8 Å². The Morgan fingerprint density at radius 3 is 2.63 bits per heavy atom. The van der Waals surface area contributed by atoms with E-state index in [2.05, 4.69) is 21.0 Å². The van der Waals surface area contributed by atoms with E-state index in [4.69, 9.17) is 11.6 Å². The molecule has 0 amide bonds. The summed E-state index contributed by atoms with van der Waals surface area (Å²) in [6, 6.07) is 15.7. The summed E-state index contributed by atoms with van der Waals surface area (Å²) in [5.41, 5.74) is 3.11. The summed E-state index contributed by atoms with van der Waals surface area (Å²) in [5, 5.41) is 5.12. The number of hydrogen-bond acceptors (Lipinski definition) is 1. The molecule has 1 heterocycles. The van der Waals surface area contributed by atoms with Crippen molar-refractivity contribution in [3.05, 3.63) is 70.4 Å². The van der Waals surface area contributed by atoms with Crippen molar-refractivity contribution in [1.82, 2.24) is 9.78 Å². The number of benzene rings is 2. The van der Waals surface area contributed by atoms with Crippen LogP contribution in [0.5, 0.6) is 0 Å². The minimum absolute atomic E-state index is 0.728. The number of hydrogen-bond donors (Lipinski definition) is 0. The molecule has 0 fully saturated rings. The molecule has 1 aromatic heterocycles. The van der Waals surface area contributed by atoms with E-state index in [1.54, 1.807) is 0 Å². The summed E-state index contributed by atoms with van der Waals surface area (Å²) in [6.45, 7) is 0. The van der Waals surface area contributed by atoms with Gasteiger partial charge < -0.3 is 0 Å². The molecule has 0 atom stereocenters. The Bertz CT molecular complexity index is 721. The van der Waals surface area contributed by atoms with Crippen LogP contribution in [-0.2, 0) is 0 Å². The quantitative estimate of drug-likeness (QED) is 0.648. The second-order valence-corrected chi connectivity index (χ2v) is 5.43. The summed E-state index contributed by atoms with van der Waals surface area (Å²) in [6.07, 6.45) is 3.83. The van der Waals surface area contributed by atoms with E-state index in [-0.39, 0.29) is 0 Å². The average Bonchev–Trinajstić information content (AvgIpc) is 2.89. The fourth-order valence-corrected chi connectivity index (χ4v) is 2.57. The molecule has 0 unspecified atom stereocenters. The number of nitrogens with zero attached hydrogens (tertiary/aromatic N) is 2. The van der Waals surface area contributed by atoms with E-state index in [9.17, 15) is 0 Å². The lowest BCUT2D eigenvalue weighted by atomic mass is 10.1. The maximum atomic E-state index is 6.01. The van der Waals surface area contributed by atoms with Gasteiger partial charge in [-0.15, -0.1) is 0 Å². The van der Waals surface area contributed by atoms with Gasteiger partial charge >= 0.3 is 0 Å². The van der Waals surface area contributed by atoms with Crippen LogP contribution in [0.3, 0.4) is 0 Å². The lowest BCUT2D eigenvalue weighted by Crippen LogP contribution is -1.94. The van der Waals surface area contributed by atoms with Crippen molar-refractivity contribution in [1.29, 1.82) is 0 Å². The van der Waals surface area contributed by atoms with Crippen LogP contribution in [0.1, 0.15) is 0 Å². The topological polar surface area (TPSA) is 17.8 Å². The normalized spacial score (nSPS) is 10.6. The summed E-state index contributed by atoms with van der Waals surface area (Å²) >= 11 is 9.54. The van der Waals surface area contributed by atoms with Crippen LogP contribution in [0.2, 0.25) is 5.02 Å². The van der Waals surface area contributed by atoms with Crippen LogP contribution in [0.4, 0.5) is 0 Å². The first-order chi connectivity index (χ1) is 9.24. The van der Waals surface area contributed by atoms with Crippen LogP contribution in [-0.4, -0.2) is 9.78 Å². The molecule has 0 radical (unpaired) electrons. The van der Waals surface area contributed by atoms with E-state index in [1.165, 1.54) is 0 Å². The zero-order chi connectivity index (χ0) is 13.2. The molecule has 0 spiro atoms. The molecule has 94 valence electrons. The van der Waals surface area contributed by atoms with Crippen LogP contribution in [0, 0.1) is 0 Å². The highest BCUT2D eigenvalue weighted by molar-refractivity contribution is 9.10. The van der Waals surface area contributed by atoms with Gasteiger partial charge in [0.05, 0.1) is 11.9 Å². The van der Waals surface area contributed by atoms with Gasteiger partial charge in [-0.3, -0.25) is 0 Å². The predicted octanol–water partition coefficient (Wildman–Crippen LogP) is 4.96. The van der Waals surface area contributed by atoms with Gasteiger partial charge in [0.15, 0.2) is 0 Å². The predicted molar refractivity (Wildman–Crippen MR) is 81.7 cm³/mol. The van der Waals surface area contributed by atoms with Crippen molar-refractivity contribution in [2.45, 2.75) is 0 Å². The second-order valence-electron chi connectivity index (χ2n) is 4.14. The van der Waals surface area contributed by atoms with E-state index >= 15 is 0 Å². The van der Waals surface area contributed by atoms with Crippen molar-refractivity contribution < 1.29 is 0 Å². The van der Waals surface area contributed by atoms with Gasteiger partial charge in [-0.2, -0.15) is 5.10 Å². The standard InChI is InChI=1S/C15H10BrClN2/c16-14-6-1-2-7-15(14)19-10-12(9-18-19)11-4-3-5-13(17)8-11/h1-10H. The van der Waals surface area contributed by atoms with E-state index in [0.717, 1.165) is 26.3 Å².